The van der Waals surface area contributed by atoms with Gasteiger partial charge in [-0.25, -0.2) is 12.8 Å². The van der Waals surface area contributed by atoms with Crippen LogP contribution in [0.4, 0.5) is 4.39 Å². The molecule has 1 fully saturated rings. The van der Waals surface area contributed by atoms with E-state index in [4.69, 9.17) is 16.1 Å². The lowest BCUT2D eigenvalue weighted by molar-refractivity contribution is -0.418. The molecule has 0 unspecified atom stereocenters. The largest absolute Gasteiger partial charge is 0.349 e. The zero-order valence-corrected chi connectivity index (χ0v) is 18.2. The van der Waals surface area contributed by atoms with Gasteiger partial charge in [-0.2, -0.15) is 4.98 Å². The minimum Gasteiger partial charge on any atom is -0.349 e. The zero-order valence-electron chi connectivity index (χ0n) is 16.6. The van der Waals surface area contributed by atoms with E-state index >= 15 is 4.39 Å². The van der Waals surface area contributed by atoms with Gasteiger partial charge < -0.3 is 10.3 Å². The maximum absolute atomic E-state index is 15.1. The van der Waals surface area contributed by atoms with Gasteiger partial charge in [0.1, 0.15) is 6.04 Å². The van der Waals surface area contributed by atoms with Crippen LogP contribution in [0, 0.1) is 5.92 Å². The number of halogens is 2. The van der Waals surface area contributed by atoms with E-state index in [0.717, 1.165) is 37.5 Å². The van der Waals surface area contributed by atoms with Crippen molar-refractivity contribution >= 4 is 21.4 Å². The van der Waals surface area contributed by atoms with Crippen molar-refractivity contribution in [2.45, 2.75) is 49.0 Å². The lowest BCUT2D eigenvalue weighted by Crippen LogP contribution is -2.64. The molecular weight excluding hydrogens is 429 g/mol. The van der Waals surface area contributed by atoms with Crippen LogP contribution < -0.4 is 5.73 Å². The highest BCUT2D eigenvalue weighted by Crippen LogP contribution is 2.38. The first-order valence-electron chi connectivity index (χ1n) is 9.96. The van der Waals surface area contributed by atoms with Gasteiger partial charge in [0.25, 0.3) is 0 Å². The molecule has 30 heavy (non-hydrogen) atoms. The molecule has 3 N–H and O–H groups in total. The third-order valence-corrected chi connectivity index (χ3v) is 7.14. The van der Waals surface area contributed by atoms with Gasteiger partial charge in [0.15, 0.2) is 15.7 Å². The topological polar surface area (TPSA) is 101 Å². The molecule has 0 radical (unpaired) electrons. The Morgan fingerprint density at radius 3 is 2.63 bits per heavy atom. The fourth-order valence-corrected chi connectivity index (χ4v) is 4.83. The minimum atomic E-state index is -3.38. The van der Waals surface area contributed by atoms with Crippen molar-refractivity contribution < 1.29 is 23.1 Å². The summed E-state index contributed by atoms with van der Waals surface area (Å²) in [5.41, 5.74) is 5.40. The van der Waals surface area contributed by atoms with Crippen LogP contribution in [0.25, 0.3) is 11.4 Å². The van der Waals surface area contributed by atoms with Gasteiger partial charge in [0, 0.05) is 11.8 Å². The summed E-state index contributed by atoms with van der Waals surface area (Å²) in [4.78, 5) is 4.59. The molecule has 2 aliphatic carbocycles. The van der Waals surface area contributed by atoms with Crippen LogP contribution in [0.3, 0.4) is 0 Å². The molecule has 1 heterocycles. The van der Waals surface area contributed by atoms with Gasteiger partial charge in [-0.15, -0.1) is 0 Å². The van der Waals surface area contributed by atoms with Gasteiger partial charge >= 0.3 is 0 Å². The molecule has 1 aromatic heterocycles. The van der Waals surface area contributed by atoms with Crippen LogP contribution in [0.2, 0.25) is 5.02 Å². The number of rotatable bonds is 7. The van der Waals surface area contributed by atoms with Crippen molar-refractivity contribution in [1.29, 1.82) is 0 Å². The predicted molar refractivity (Wildman–Crippen MR) is 111 cm³/mol. The van der Waals surface area contributed by atoms with Gasteiger partial charge in [-0.3, -0.25) is 0 Å². The molecule has 0 saturated heterocycles. The number of hydrogen-bond acceptors (Lipinski definition) is 5. The average molecular weight is 453 g/mol. The number of benzene rings is 1. The highest BCUT2D eigenvalue weighted by atomic mass is 35.5. The molecule has 0 spiro atoms. The molecule has 9 heteroatoms. The van der Waals surface area contributed by atoms with Crippen molar-refractivity contribution in [3.8, 4) is 11.4 Å². The molecule has 2 atom stereocenters. The summed E-state index contributed by atoms with van der Waals surface area (Å²) in [5, 5.41) is 4.22. The fraction of sp³-hybridized carbons (Fsp3) is 0.429. The van der Waals surface area contributed by atoms with Crippen molar-refractivity contribution in [3.63, 3.8) is 0 Å². The Kier molecular flexibility index (Phi) is 5.83. The third kappa shape index (κ3) is 4.50. The first-order chi connectivity index (χ1) is 14.2. The first kappa shape index (κ1) is 21.2. The lowest BCUT2D eigenvalue weighted by Gasteiger charge is -2.17. The van der Waals surface area contributed by atoms with E-state index < -0.39 is 15.9 Å². The van der Waals surface area contributed by atoms with Gasteiger partial charge in [-0.05, 0) is 61.8 Å². The first-order valence-corrected chi connectivity index (χ1v) is 12.2. The van der Waals surface area contributed by atoms with Crippen LogP contribution >= 0.6 is 11.6 Å². The Bertz CT molecular complexity index is 1110. The molecular formula is C21H24ClFN3O3S+. The van der Waals surface area contributed by atoms with Crippen molar-refractivity contribution in [3.05, 3.63) is 52.7 Å². The Morgan fingerprint density at radius 2 is 2.03 bits per heavy atom. The molecule has 0 aliphatic heterocycles. The second kappa shape index (κ2) is 8.24. The number of sulfone groups is 1. The number of allylic oxidation sites excluding steroid dienone is 3. The number of quaternary nitrogens is 1. The Labute approximate surface area is 179 Å². The molecule has 6 nitrogen and oxygen atoms in total. The Balaban J connectivity index is 1.63. The van der Waals surface area contributed by atoms with Crippen LogP contribution in [0.15, 0.2) is 51.2 Å². The standard InChI is InChI=1S/C21H23ClFN3O3S/c1-30(27,28)14-8-9-15(17(22)11-14)20-25-21(29-26-20)16(10-12-6-7-12)19(24)18(23)13-4-2-3-5-13/h6-9,11-12,16,19H,2-5,10,24H2,1H3/p+1/t16-,19-/m0/s1. The quantitative estimate of drug-likeness (QED) is 0.643. The highest BCUT2D eigenvalue weighted by molar-refractivity contribution is 7.90. The van der Waals surface area contributed by atoms with E-state index in [0.29, 0.717) is 17.9 Å². The predicted octanol–water partition coefficient (Wildman–Crippen LogP) is 3.86. The summed E-state index contributed by atoms with van der Waals surface area (Å²) >= 11 is 6.28. The smallest absolute Gasteiger partial charge is 0.236 e. The SMILES string of the molecule is CS(=O)(=O)c1ccc(-c2noc([C@@H](CC3C=C3)[C@H]([NH3+])C(F)=C3CCCC3)n2)c(Cl)c1. The van der Waals surface area contributed by atoms with E-state index in [-0.39, 0.29) is 33.4 Å². The molecule has 4 rings (SSSR count). The Hall–Kier alpha value is -2.03. The van der Waals surface area contributed by atoms with E-state index in [9.17, 15) is 8.42 Å². The van der Waals surface area contributed by atoms with Crippen molar-refractivity contribution in [2.24, 2.45) is 5.92 Å². The summed E-state index contributed by atoms with van der Waals surface area (Å²) < 4.78 is 44.0. The molecule has 160 valence electrons. The average Bonchev–Trinajstić information content (AvgIpc) is 3.17. The maximum Gasteiger partial charge on any atom is 0.236 e. The molecule has 2 aliphatic rings. The van der Waals surface area contributed by atoms with E-state index in [1.54, 1.807) is 6.07 Å². The highest BCUT2D eigenvalue weighted by Gasteiger charge is 2.36. The molecule has 0 bridgehead atoms. The summed E-state index contributed by atoms with van der Waals surface area (Å²) in [6.45, 7) is 0. The normalized spacial score (nSPS) is 18.6. The molecule has 0 amide bonds. The van der Waals surface area contributed by atoms with Crippen LogP contribution in [0.5, 0.6) is 0 Å². The van der Waals surface area contributed by atoms with E-state index in [2.05, 4.69) is 28.0 Å². The monoisotopic (exact) mass is 452 g/mol. The summed E-state index contributed by atoms with van der Waals surface area (Å²) in [6, 6.07) is 3.76. The van der Waals surface area contributed by atoms with Crippen molar-refractivity contribution in [1.82, 2.24) is 10.1 Å². The van der Waals surface area contributed by atoms with Gasteiger partial charge in [0.2, 0.25) is 11.7 Å². The summed E-state index contributed by atoms with van der Waals surface area (Å²) in [6.07, 6.45) is 9.46. The van der Waals surface area contributed by atoms with Crippen LogP contribution in [0.1, 0.15) is 43.9 Å². The van der Waals surface area contributed by atoms with Crippen LogP contribution in [-0.4, -0.2) is 30.9 Å². The van der Waals surface area contributed by atoms with Gasteiger partial charge in [0.05, 0.1) is 15.8 Å². The van der Waals surface area contributed by atoms with Crippen molar-refractivity contribution in [2.75, 3.05) is 6.26 Å². The van der Waals surface area contributed by atoms with E-state index in [1.807, 2.05) is 0 Å². The summed E-state index contributed by atoms with van der Waals surface area (Å²) in [5.74, 6) is 0.330. The molecule has 2 aromatic rings. The minimum absolute atomic E-state index is 0.112. The summed E-state index contributed by atoms with van der Waals surface area (Å²) in [7, 11) is -3.38. The van der Waals surface area contributed by atoms with Crippen LogP contribution in [-0.2, 0) is 9.84 Å². The number of nitrogens with zero attached hydrogens (tertiary/aromatic N) is 2. The molecule has 1 aromatic carbocycles. The lowest BCUT2D eigenvalue weighted by atomic mass is 9.90. The van der Waals surface area contributed by atoms with E-state index in [1.165, 1.54) is 12.1 Å². The third-order valence-electron chi connectivity index (χ3n) is 5.72. The maximum atomic E-state index is 15.1. The zero-order chi connectivity index (χ0) is 21.5. The Morgan fingerprint density at radius 1 is 1.33 bits per heavy atom. The molecule has 1 saturated carbocycles. The fourth-order valence-electron chi connectivity index (χ4n) is 3.85. The van der Waals surface area contributed by atoms with Gasteiger partial charge in [-0.1, -0.05) is 28.9 Å². The number of hydrogen-bond donors (Lipinski definition) is 1. The second-order valence-corrected chi connectivity index (χ2v) is 10.4. The number of aromatic nitrogens is 2. The second-order valence-electron chi connectivity index (χ2n) is 8.03.